The van der Waals surface area contributed by atoms with Crippen LogP contribution in [0.2, 0.25) is 5.02 Å². The van der Waals surface area contributed by atoms with E-state index in [1.165, 1.54) is 10.7 Å². The third-order valence-corrected chi connectivity index (χ3v) is 4.39. The Morgan fingerprint density at radius 2 is 2.12 bits per heavy atom. The van der Waals surface area contributed by atoms with Crippen molar-refractivity contribution in [1.82, 2.24) is 20.2 Å². The first-order chi connectivity index (χ1) is 12.7. The van der Waals surface area contributed by atoms with Gasteiger partial charge in [-0.15, -0.1) is 0 Å². The molecule has 1 aliphatic heterocycles. The van der Waals surface area contributed by atoms with Crippen LogP contribution in [0.5, 0.6) is 5.75 Å². The predicted octanol–water partition coefficient (Wildman–Crippen LogP) is 3.92. The maximum atomic E-state index is 14.3. The Morgan fingerprint density at radius 1 is 1.27 bits per heavy atom. The molecule has 1 N–H and O–H groups in total. The van der Waals surface area contributed by atoms with Crippen LogP contribution in [0.1, 0.15) is 24.1 Å². The number of allylic oxidation sites excluding steroid dienone is 1. The smallest absolute Gasteiger partial charge is 0.248 e. The number of rotatable bonds is 4. The molecule has 3 aromatic rings. The number of fused-ring (bicyclic) bond motifs is 1. The fourth-order valence-electron chi connectivity index (χ4n) is 2.90. The van der Waals surface area contributed by atoms with E-state index in [0.717, 1.165) is 11.3 Å². The summed E-state index contributed by atoms with van der Waals surface area (Å²) in [6, 6.07) is 11.6. The van der Waals surface area contributed by atoms with Crippen molar-refractivity contribution >= 4 is 23.2 Å². The number of ether oxygens (including phenoxy) is 1. The minimum atomic E-state index is -0.470. The number of halogens is 2. The van der Waals surface area contributed by atoms with Gasteiger partial charge in [0.05, 0.1) is 11.6 Å². The molecule has 0 aliphatic carbocycles. The van der Waals surface area contributed by atoms with Gasteiger partial charge in [-0.05, 0) is 53.3 Å². The summed E-state index contributed by atoms with van der Waals surface area (Å²) in [5.41, 5.74) is 2.05. The first-order valence-corrected chi connectivity index (χ1v) is 8.49. The molecule has 0 bridgehead atoms. The molecule has 1 aromatic heterocycles. The molecule has 0 fully saturated rings. The van der Waals surface area contributed by atoms with Crippen LogP contribution in [0.3, 0.4) is 0 Å². The zero-order valence-corrected chi connectivity index (χ0v) is 14.6. The Balaban J connectivity index is 1.78. The van der Waals surface area contributed by atoms with Crippen LogP contribution in [-0.4, -0.2) is 26.8 Å². The molecule has 0 amide bonds. The van der Waals surface area contributed by atoms with E-state index in [4.69, 9.17) is 16.3 Å². The van der Waals surface area contributed by atoms with E-state index >= 15 is 0 Å². The lowest BCUT2D eigenvalue weighted by atomic mass is 10.0. The molecule has 1 atom stereocenters. The van der Waals surface area contributed by atoms with Gasteiger partial charge in [-0.3, -0.25) is 0 Å². The number of hydrogen-bond acceptors (Lipinski definition) is 5. The van der Waals surface area contributed by atoms with Crippen LogP contribution in [0.4, 0.5) is 10.3 Å². The van der Waals surface area contributed by atoms with Crippen molar-refractivity contribution in [3.05, 3.63) is 70.5 Å². The maximum Gasteiger partial charge on any atom is 0.248 e. The molecule has 26 heavy (non-hydrogen) atoms. The number of hydrogen-bond donors (Lipinski definition) is 1. The topological polar surface area (TPSA) is 64.9 Å². The van der Waals surface area contributed by atoms with E-state index in [0.29, 0.717) is 28.9 Å². The summed E-state index contributed by atoms with van der Waals surface area (Å²) in [7, 11) is 0. The van der Waals surface area contributed by atoms with Crippen molar-refractivity contribution in [2.75, 3.05) is 11.9 Å². The monoisotopic (exact) mass is 371 g/mol. The molecule has 8 heteroatoms. The van der Waals surface area contributed by atoms with Crippen molar-refractivity contribution in [3.63, 3.8) is 0 Å². The normalized spacial score (nSPS) is 15.8. The average molecular weight is 372 g/mol. The fourth-order valence-corrected chi connectivity index (χ4v) is 3.13. The van der Waals surface area contributed by atoms with Gasteiger partial charge >= 0.3 is 0 Å². The van der Waals surface area contributed by atoms with E-state index in [1.54, 1.807) is 30.3 Å². The van der Waals surface area contributed by atoms with Gasteiger partial charge in [0.25, 0.3) is 0 Å². The van der Waals surface area contributed by atoms with Crippen LogP contribution in [0.25, 0.3) is 5.70 Å². The summed E-state index contributed by atoms with van der Waals surface area (Å²) >= 11 is 6.30. The summed E-state index contributed by atoms with van der Waals surface area (Å²) in [5.74, 6) is 0.728. The molecule has 0 saturated heterocycles. The van der Waals surface area contributed by atoms with E-state index in [-0.39, 0.29) is 5.82 Å². The Bertz CT molecular complexity index is 987. The largest absolute Gasteiger partial charge is 0.492 e. The van der Waals surface area contributed by atoms with Gasteiger partial charge < -0.3 is 10.1 Å². The van der Waals surface area contributed by atoms with Crippen molar-refractivity contribution in [1.29, 1.82) is 0 Å². The lowest BCUT2D eigenvalue weighted by Gasteiger charge is -2.24. The summed E-state index contributed by atoms with van der Waals surface area (Å²) in [4.78, 5) is 0. The highest BCUT2D eigenvalue weighted by atomic mass is 35.5. The molecule has 132 valence electrons. The van der Waals surface area contributed by atoms with E-state index < -0.39 is 6.04 Å². The molecule has 0 radical (unpaired) electrons. The van der Waals surface area contributed by atoms with Crippen molar-refractivity contribution in [3.8, 4) is 5.75 Å². The van der Waals surface area contributed by atoms with Crippen molar-refractivity contribution < 1.29 is 9.13 Å². The number of benzene rings is 2. The molecule has 0 spiro atoms. The third kappa shape index (κ3) is 2.90. The summed E-state index contributed by atoms with van der Waals surface area (Å²) < 4.78 is 21.3. The Hall–Kier alpha value is -2.93. The van der Waals surface area contributed by atoms with E-state index in [1.807, 2.05) is 19.1 Å². The van der Waals surface area contributed by atoms with Gasteiger partial charge in [-0.1, -0.05) is 34.9 Å². The maximum absolute atomic E-state index is 14.3. The average Bonchev–Trinajstić information content (AvgIpc) is 3.12. The number of tetrazole rings is 1. The van der Waals surface area contributed by atoms with Gasteiger partial charge in [0.15, 0.2) is 0 Å². The second-order valence-electron chi connectivity index (χ2n) is 5.70. The molecule has 2 aromatic carbocycles. The van der Waals surface area contributed by atoms with Gasteiger partial charge in [0.2, 0.25) is 5.95 Å². The lowest BCUT2D eigenvalue weighted by molar-refractivity contribution is 0.340. The second-order valence-corrected chi connectivity index (χ2v) is 6.10. The summed E-state index contributed by atoms with van der Waals surface area (Å²) in [6.07, 6.45) is 1.87. The molecule has 0 saturated carbocycles. The predicted molar refractivity (Wildman–Crippen MR) is 96.6 cm³/mol. The molecular formula is C18H15ClFN5O. The Kier molecular flexibility index (Phi) is 4.30. The van der Waals surface area contributed by atoms with Crippen molar-refractivity contribution in [2.45, 2.75) is 13.0 Å². The van der Waals surface area contributed by atoms with E-state index in [2.05, 4.69) is 20.8 Å². The zero-order valence-electron chi connectivity index (χ0n) is 13.9. The Labute approximate surface area is 154 Å². The van der Waals surface area contributed by atoms with Gasteiger partial charge in [-0.2, -0.15) is 4.68 Å². The Morgan fingerprint density at radius 3 is 2.88 bits per heavy atom. The summed E-state index contributed by atoms with van der Waals surface area (Å²) in [6.45, 7) is 2.43. The van der Waals surface area contributed by atoms with Crippen molar-refractivity contribution in [2.24, 2.45) is 0 Å². The standard InChI is InChI=1S/C18H15ClFN5O/c1-2-26-17-8-7-11(9-13(17)19)15-10-16(12-5-3-4-6-14(12)20)25-18(21-15)22-23-24-25/h3-10,16H,2H2,1H3,(H,21,22,24). The highest BCUT2D eigenvalue weighted by Crippen LogP contribution is 2.35. The van der Waals surface area contributed by atoms with Gasteiger partial charge in [0, 0.05) is 11.3 Å². The highest BCUT2D eigenvalue weighted by molar-refractivity contribution is 6.32. The van der Waals surface area contributed by atoms with Crippen LogP contribution in [0, 0.1) is 5.82 Å². The highest BCUT2D eigenvalue weighted by Gasteiger charge is 2.26. The quantitative estimate of drug-likeness (QED) is 0.753. The number of nitrogens with one attached hydrogen (secondary N) is 1. The van der Waals surface area contributed by atoms with E-state index in [9.17, 15) is 4.39 Å². The third-order valence-electron chi connectivity index (χ3n) is 4.09. The molecule has 6 nitrogen and oxygen atoms in total. The minimum Gasteiger partial charge on any atom is -0.492 e. The molecule has 2 heterocycles. The molecular weight excluding hydrogens is 357 g/mol. The zero-order chi connectivity index (χ0) is 18.1. The molecule has 1 aliphatic rings. The van der Waals surface area contributed by atoms with Crippen LogP contribution >= 0.6 is 11.6 Å². The second kappa shape index (κ2) is 6.76. The first kappa shape index (κ1) is 16.5. The van der Waals surface area contributed by atoms with Gasteiger partial charge in [-0.25, -0.2) is 4.39 Å². The summed E-state index contributed by atoms with van der Waals surface area (Å²) in [5, 5.41) is 15.3. The lowest BCUT2D eigenvalue weighted by Crippen LogP contribution is -2.21. The SMILES string of the molecule is CCOc1ccc(C2=CC(c3ccccc3F)n3nnnc3N2)cc1Cl. The number of nitrogens with zero attached hydrogens (tertiary/aromatic N) is 4. The molecule has 1 unspecified atom stereocenters. The molecule has 4 rings (SSSR count). The number of aromatic nitrogens is 4. The van der Waals surface area contributed by atoms with Crippen LogP contribution < -0.4 is 10.1 Å². The fraction of sp³-hybridized carbons (Fsp3) is 0.167. The van der Waals surface area contributed by atoms with Gasteiger partial charge in [0.1, 0.15) is 17.6 Å². The van der Waals surface area contributed by atoms with Crippen LogP contribution in [-0.2, 0) is 0 Å². The minimum absolute atomic E-state index is 0.318. The van der Waals surface area contributed by atoms with Crippen LogP contribution in [0.15, 0.2) is 48.5 Å². The first-order valence-electron chi connectivity index (χ1n) is 8.11. The number of anilines is 1.